The summed E-state index contributed by atoms with van der Waals surface area (Å²) in [5.74, 6) is -0.656. The van der Waals surface area contributed by atoms with E-state index in [0.29, 0.717) is 22.0 Å². The minimum Gasteiger partial charge on any atom is -0.325 e. The second-order valence-corrected chi connectivity index (χ2v) is 5.70. The Balaban J connectivity index is 2.10. The van der Waals surface area contributed by atoms with Crippen molar-refractivity contribution in [3.63, 3.8) is 0 Å². The Bertz CT molecular complexity index is 755. The Hall–Kier alpha value is -2.66. The van der Waals surface area contributed by atoms with Gasteiger partial charge in [-0.15, -0.1) is 0 Å². The van der Waals surface area contributed by atoms with Gasteiger partial charge in [-0.25, -0.2) is 0 Å². The average Bonchev–Trinajstić information content (AvgIpc) is 2.54. The number of nitrogens with one attached hydrogen (secondary N) is 1. The van der Waals surface area contributed by atoms with Gasteiger partial charge in [0.05, 0.1) is 0 Å². The average molecular weight is 345 g/mol. The summed E-state index contributed by atoms with van der Waals surface area (Å²) in [6, 6.07) is 13.2. The number of anilines is 2. The maximum atomic E-state index is 12.2. The SMILES string of the molecule is CC(=O)c1ccc(N(CC(=O)Nc2ccc(Cl)cc2)C(C)=O)cc1. The molecule has 1 N–H and O–H groups in total. The molecule has 0 radical (unpaired) electrons. The van der Waals surface area contributed by atoms with Crippen LogP contribution in [0.2, 0.25) is 5.02 Å². The van der Waals surface area contributed by atoms with E-state index in [4.69, 9.17) is 11.6 Å². The number of halogens is 1. The Morgan fingerprint density at radius 2 is 1.54 bits per heavy atom. The monoisotopic (exact) mass is 344 g/mol. The van der Waals surface area contributed by atoms with Crippen molar-refractivity contribution >= 4 is 40.6 Å². The fourth-order valence-corrected chi connectivity index (χ4v) is 2.26. The van der Waals surface area contributed by atoms with Gasteiger partial charge in [0.15, 0.2) is 5.78 Å². The first-order chi connectivity index (χ1) is 11.4. The van der Waals surface area contributed by atoms with Crippen LogP contribution in [0, 0.1) is 0 Å². The summed E-state index contributed by atoms with van der Waals surface area (Å²) < 4.78 is 0. The van der Waals surface area contributed by atoms with Crippen LogP contribution >= 0.6 is 11.6 Å². The fourth-order valence-electron chi connectivity index (χ4n) is 2.14. The van der Waals surface area contributed by atoms with Crippen LogP contribution in [0.3, 0.4) is 0 Å². The second kappa shape index (κ2) is 7.75. The molecule has 24 heavy (non-hydrogen) atoms. The van der Waals surface area contributed by atoms with Gasteiger partial charge in [0, 0.05) is 28.9 Å². The highest BCUT2D eigenvalue weighted by atomic mass is 35.5. The van der Waals surface area contributed by atoms with E-state index < -0.39 is 0 Å². The van der Waals surface area contributed by atoms with Gasteiger partial charge in [-0.3, -0.25) is 14.4 Å². The number of nitrogens with zero attached hydrogens (tertiary/aromatic N) is 1. The standard InChI is InChI=1S/C18H17ClN2O3/c1-12(22)14-3-9-17(10-4-14)21(13(2)23)11-18(24)20-16-7-5-15(19)6-8-16/h3-10H,11H2,1-2H3,(H,20,24). The van der Waals surface area contributed by atoms with Gasteiger partial charge in [0.2, 0.25) is 11.8 Å². The summed E-state index contributed by atoms with van der Waals surface area (Å²) in [6.45, 7) is 2.73. The number of rotatable bonds is 5. The maximum absolute atomic E-state index is 12.2. The summed E-state index contributed by atoms with van der Waals surface area (Å²) in [5.41, 5.74) is 1.70. The van der Waals surface area contributed by atoms with Crippen molar-refractivity contribution in [1.29, 1.82) is 0 Å². The largest absolute Gasteiger partial charge is 0.325 e. The van der Waals surface area contributed by atoms with Crippen LogP contribution in [0.4, 0.5) is 11.4 Å². The fraction of sp³-hybridized carbons (Fsp3) is 0.167. The molecule has 2 aromatic carbocycles. The van der Waals surface area contributed by atoms with E-state index in [1.54, 1.807) is 48.5 Å². The molecule has 0 fully saturated rings. The van der Waals surface area contributed by atoms with E-state index in [-0.39, 0.29) is 24.1 Å². The first-order valence-corrected chi connectivity index (χ1v) is 7.69. The Kier molecular flexibility index (Phi) is 5.71. The number of benzene rings is 2. The number of carbonyl (C=O) groups is 3. The minimum absolute atomic E-state index is 0.0589. The topological polar surface area (TPSA) is 66.5 Å². The Morgan fingerprint density at radius 3 is 2.04 bits per heavy atom. The molecule has 0 bridgehead atoms. The molecular weight excluding hydrogens is 328 g/mol. The predicted octanol–water partition coefficient (Wildman–Crippen LogP) is 3.53. The zero-order valence-electron chi connectivity index (χ0n) is 13.4. The molecule has 2 amide bonds. The van der Waals surface area contributed by atoms with Gasteiger partial charge in [0.25, 0.3) is 0 Å². The molecule has 0 aliphatic carbocycles. The lowest BCUT2D eigenvalue weighted by Gasteiger charge is -2.21. The number of hydrogen-bond acceptors (Lipinski definition) is 3. The highest BCUT2D eigenvalue weighted by Crippen LogP contribution is 2.17. The van der Waals surface area contributed by atoms with Crippen molar-refractivity contribution in [2.45, 2.75) is 13.8 Å². The number of carbonyl (C=O) groups excluding carboxylic acids is 3. The van der Waals surface area contributed by atoms with Crippen LogP contribution in [-0.2, 0) is 9.59 Å². The van der Waals surface area contributed by atoms with Crippen LogP contribution in [0.5, 0.6) is 0 Å². The molecule has 0 aliphatic rings. The number of amides is 2. The number of hydrogen-bond donors (Lipinski definition) is 1. The van der Waals surface area contributed by atoms with Crippen molar-refractivity contribution < 1.29 is 14.4 Å². The van der Waals surface area contributed by atoms with E-state index in [1.807, 2.05) is 0 Å². The molecule has 0 saturated carbocycles. The maximum Gasteiger partial charge on any atom is 0.244 e. The zero-order valence-corrected chi connectivity index (χ0v) is 14.1. The molecule has 2 aromatic rings. The second-order valence-electron chi connectivity index (χ2n) is 5.26. The third kappa shape index (κ3) is 4.67. The van der Waals surface area contributed by atoms with Gasteiger partial charge in [0.1, 0.15) is 6.54 Å². The first-order valence-electron chi connectivity index (χ1n) is 7.31. The molecule has 0 aliphatic heterocycles. The molecule has 5 nitrogen and oxygen atoms in total. The van der Waals surface area contributed by atoms with Crippen molar-refractivity contribution in [1.82, 2.24) is 0 Å². The molecular formula is C18H17ClN2O3. The molecule has 124 valence electrons. The number of Topliss-reactive ketones (excluding diaryl/α,β-unsaturated/α-hetero) is 1. The summed E-state index contributed by atoms with van der Waals surface area (Å²) in [4.78, 5) is 36.7. The van der Waals surface area contributed by atoms with Gasteiger partial charge in [-0.1, -0.05) is 11.6 Å². The smallest absolute Gasteiger partial charge is 0.244 e. The zero-order chi connectivity index (χ0) is 17.7. The summed E-state index contributed by atoms with van der Waals surface area (Å²) in [6.07, 6.45) is 0. The molecule has 2 rings (SSSR count). The van der Waals surface area contributed by atoms with E-state index >= 15 is 0 Å². The van der Waals surface area contributed by atoms with E-state index in [2.05, 4.69) is 5.32 Å². The first kappa shape index (κ1) is 17.7. The Labute approximate surface area is 145 Å². The van der Waals surface area contributed by atoms with Gasteiger partial charge >= 0.3 is 0 Å². The third-order valence-electron chi connectivity index (χ3n) is 3.40. The molecule has 0 aromatic heterocycles. The molecule has 0 saturated heterocycles. The van der Waals surface area contributed by atoms with Crippen LogP contribution < -0.4 is 10.2 Å². The van der Waals surface area contributed by atoms with E-state index in [9.17, 15) is 14.4 Å². The third-order valence-corrected chi connectivity index (χ3v) is 3.65. The van der Waals surface area contributed by atoms with E-state index in [0.717, 1.165) is 0 Å². The van der Waals surface area contributed by atoms with Gasteiger partial charge in [-0.05, 0) is 55.5 Å². The normalized spacial score (nSPS) is 10.1. The van der Waals surface area contributed by atoms with Crippen molar-refractivity contribution in [2.24, 2.45) is 0 Å². The lowest BCUT2D eigenvalue weighted by molar-refractivity contribution is -0.120. The van der Waals surface area contributed by atoms with Crippen molar-refractivity contribution in [2.75, 3.05) is 16.8 Å². The lowest BCUT2D eigenvalue weighted by Crippen LogP contribution is -2.36. The molecule has 0 atom stereocenters. The lowest BCUT2D eigenvalue weighted by atomic mass is 10.1. The van der Waals surface area contributed by atoms with Gasteiger partial charge in [-0.2, -0.15) is 0 Å². The van der Waals surface area contributed by atoms with Crippen molar-refractivity contribution in [3.8, 4) is 0 Å². The summed E-state index contributed by atoms with van der Waals surface area (Å²) in [5, 5.41) is 3.28. The van der Waals surface area contributed by atoms with E-state index in [1.165, 1.54) is 18.7 Å². The molecule has 0 unspecified atom stereocenters. The quantitative estimate of drug-likeness (QED) is 0.844. The molecule has 6 heteroatoms. The highest BCUT2D eigenvalue weighted by molar-refractivity contribution is 6.30. The molecule has 0 spiro atoms. The summed E-state index contributed by atoms with van der Waals surface area (Å²) >= 11 is 5.80. The van der Waals surface area contributed by atoms with Crippen LogP contribution in [0.1, 0.15) is 24.2 Å². The summed E-state index contributed by atoms with van der Waals surface area (Å²) in [7, 11) is 0. The minimum atomic E-state index is -0.330. The highest BCUT2D eigenvalue weighted by Gasteiger charge is 2.16. The predicted molar refractivity (Wildman–Crippen MR) is 94.6 cm³/mol. The van der Waals surface area contributed by atoms with Crippen molar-refractivity contribution in [3.05, 3.63) is 59.1 Å². The Morgan fingerprint density at radius 1 is 0.958 bits per heavy atom. The number of ketones is 1. The van der Waals surface area contributed by atoms with Gasteiger partial charge < -0.3 is 10.2 Å². The van der Waals surface area contributed by atoms with Crippen LogP contribution in [-0.4, -0.2) is 24.1 Å². The van der Waals surface area contributed by atoms with Crippen LogP contribution in [0.15, 0.2) is 48.5 Å². The molecule has 0 heterocycles. The van der Waals surface area contributed by atoms with Crippen LogP contribution in [0.25, 0.3) is 0 Å².